The highest BCUT2D eigenvalue weighted by Crippen LogP contribution is 2.38. The van der Waals surface area contributed by atoms with Gasteiger partial charge in [-0.1, -0.05) is 11.2 Å². The molecule has 152 valence electrons. The van der Waals surface area contributed by atoms with Crippen LogP contribution in [0, 0.1) is 4.91 Å². The van der Waals surface area contributed by atoms with Crippen molar-refractivity contribution in [3.63, 3.8) is 0 Å². The Labute approximate surface area is 162 Å². The molecule has 1 heterocycles. The van der Waals surface area contributed by atoms with Gasteiger partial charge in [0.1, 0.15) is 18.9 Å². The molecule has 1 N–H and O–H groups in total. The molecule has 0 unspecified atom stereocenters. The van der Waals surface area contributed by atoms with Crippen LogP contribution in [-0.2, 0) is 9.57 Å². The molecule has 1 aromatic rings. The predicted octanol–water partition coefficient (Wildman–Crippen LogP) is 3.19. The molecule has 0 aromatic heterocycles. The second-order valence-electron chi connectivity index (χ2n) is 6.97. The Morgan fingerprint density at radius 1 is 1.32 bits per heavy atom. The third-order valence-electron chi connectivity index (χ3n) is 3.61. The van der Waals surface area contributed by atoms with Gasteiger partial charge in [-0.05, 0) is 38.4 Å². The summed E-state index contributed by atoms with van der Waals surface area (Å²) in [6.07, 6.45) is -0.408. The van der Waals surface area contributed by atoms with E-state index in [1.54, 1.807) is 37.8 Å². The third-order valence-corrected chi connectivity index (χ3v) is 3.61. The molecule has 0 saturated carbocycles. The first-order valence-corrected chi connectivity index (χ1v) is 8.91. The highest BCUT2D eigenvalue weighted by molar-refractivity contribution is 5.67. The smallest absolute Gasteiger partial charge is 0.409 e. The van der Waals surface area contributed by atoms with E-state index in [0.29, 0.717) is 13.1 Å². The fourth-order valence-corrected chi connectivity index (χ4v) is 2.45. The fraction of sp³-hybridized carbons (Fsp3) is 0.588. The molecule has 0 radical (unpaired) electrons. The number of azide groups is 1. The quantitative estimate of drug-likeness (QED) is 0.249. The number of ether oxygens (including phenoxy) is 2. The number of carbonyl (C=O) groups is 1. The second kappa shape index (κ2) is 9.77. The van der Waals surface area contributed by atoms with Crippen molar-refractivity contribution in [1.82, 2.24) is 10.2 Å². The van der Waals surface area contributed by atoms with Crippen molar-refractivity contribution >= 4 is 17.5 Å². The number of nitrogens with zero attached hydrogens (tertiary/aromatic N) is 5. The summed E-state index contributed by atoms with van der Waals surface area (Å²) in [5.41, 5.74) is 7.99. The molecule has 1 saturated heterocycles. The minimum Gasteiger partial charge on any atom is -0.483 e. The SMILES string of the molecule is CC(C)(C)O[N+](=O)c1c(N=[N+]=[N-])cccc1OCCOC(=O)N1CCNCC1. The Balaban J connectivity index is 2.01. The molecule has 2 rings (SSSR count). The lowest BCUT2D eigenvalue weighted by molar-refractivity contribution is -0.765. The van der Waals surface area contributed by atoms with E-state index in [2.05, 4.69) is 15.3 Å². The number of nitrogens with one attached hydrogen (secondary N) is 1. The van der Waals surface area contributed by atoms with E-state index in [0.717, 1.165) is 13.1 Å². The molecule has 11 nitrogen and oxygen atoms in total. The van der Waals surface area contributed by atoms with Crippen molar-refractivity contribution in [2.75, 3.05) is 39.4 Å². The van der Waals surface area contributed by atoms with E-state index < -0.39 is 11.7 Å². The van der Waals surface area contributed by atoms with Crippen LogP contribution in [0.1, 0.15) is 20.8 Å². The third kappa shape index (κ3) is 6.29. The lowest BCUT2D eigenvalue weighted by Crippen LogP contribution is -2.46. The van der Waals surface area contributed by atoms with Crippen LogP contribution in [0.2, 0.25) is 0 Å². The van der Waals surface area contributed by atoms with Gasteiger partial charge in [0.15, 0.2) is 5.60 Å². The van der Waals surface area contributed by atoms with Crippen LogP contribution in [0.25, 0.3) is 10.4 Å². The monoisotopic (exact) mass is 393 g/mol. The first-order valence-electron chi connectivity index (χ1n) is 8.91. The summed E-state index contributed by atoms with van der Waals surface area (Å²) < 4.78 is 10.8. The first kappa shape index (κ1) is 21.3. The molecular formula is C17H25N6O5+. The Kier molecular flexibility index (Phi) is 7.42. The Morgan fingerprint density at radius 3 is 2.68 bits per heavy atom. The Bertz CT molecular complexity index is 751. The molecular weight excluding hydrogens is 368 g/mol. The van der Waals surface area contributed by atoms with E-state index >= 15 is 0 Å². The van der Waals surface area contributed by atoms with Crippen LogP contribution in [-0.4, -0.2) is 60.9 Å². The number of benzene rings is 1. The van der Waals surface area contributed by atoms with Crippen LogP contribution in [0.5, 0.6) is 5.75 Å². The summed E-state index contributed by atoms with van der Waals surface area (Å²) in [6, 6.07) is 4.60. The molecule has 28 heavy (non-hydrogen) atoms. The van der Waals surface area contributed by atoms with Crippen molar-refractivity contribution < 1.29 is 24.0 Å². The standard InChI is InChI=1S/C17H25N6O5/c1-17(2,3)28-23(25)15-13(20-21-18)5-4-6-14(15)26-11-12-27-16(24)22-9-7-19-8-10-22/h4-6,19H,7-12H2,1-3H3/q+1. The number of amides is 1. The molecule has 0 spiro atoms. The van der Waals surface area contributed by atoms with E-state index in [-0.39, 0.29) is 35.3 Å². The maximum Gasteiger partial charge on any atom is 0.409 e. The van der Waals surface area contributed by atoms with Gasteiger partial charge in [-0.15, -0.1) is 0 Å². The molecule has 0 bridgehead atoms. The maximum atomic E-state index is 12.5. The summed E-state index contributed by atoms with van der Waals surface area (Å²) in [7, 11) is 0. The van der Waals surface area contributed by atoms with Gasteiger partial charge in [-0.3, -0.25) is 0 Å². The van der Waals surface area contributed by atoms with Crippen LogP contribution >= 0.6 is 0 Å². The average Bonchev–Trinajstić information content (AvgIpc) is 2.64. The van der Waals surface area contributed by atoms with Crippen molar-refractivity contribution in [3.8, 4) is 5.75 Å². The molecule has 1 aliphatic rings. The van der Waals surface area contributed by atoms with Gasteiger partial charge >= 0.3 is 11.8 Å². The summed E-state index contributed by atoms with van der Waals surface area (Å²) in [6.45, 7) is 7.81. The summed E-state index contributed by atoms with van der Waals surface area (Å²) in [5, 5.41) is 6.67. The highest BCUT2D eigenvalue weighted by Gasteiger charge is 2.32. The molecule has 0 aliphatic carbocycles. The van der Waals surface area contributed by atoms with Gasteiger partial charge in [0.05, 0.1) is 4.91 Å². The highest BCUT2D eigenvalue weighted by atomic mass is 16.8. The maximum absolute atomic E-state index is 12.5. The van der Waals surface area contributed by atoms with Crippen LogP contribution < -0.4 is 10.1 Å². The van der Waals surface area contributed by atoms with Gasteiger partial charge in [0.25, 0.3) is 4.92 Å². The number of hydrogen-bond donors (Lipinski definition) is 1. The van der Waals surface area contributed by atoms with Gasteiger partial charge < -0.3 is 19.7 Å². The van der Waals surface area contributed by atoms with E-state index in [4.69, 9.17) is 19.8 Å². The van der Waals surface area contributed by atoms with Crippen molar-refractivity contribution in [2.24, 2.45) is 5.11 Å². The number of rotatable bonds is 7. The molecule has 1 aromatic carbocycles. The second-order valence-corrected chi connectivity index (χ2v) is 6.97. The topological polar surface area (TPSA) is 129 Å². The molecule has 1 amide bonds. The normalized spacial score (nSPS) is 14.0. The zero-order chi connectivity index (χ0) is 20.6. The number of carbonyl (C=O) groups excluding carboxylic acids is 1. The van der Waals surface area contributed by atoms with Crippen molar-refractivity contribution in [3.05, 3.63) is 33.5 Å². The molecule has 11 heteroatoms. The lowest BCUT2D eigenvalue weighted by Gasteiger charge is -2.26. The van der Waals surface area contributed by atoms with E-state index in [1.165, 1.54) is 6.07 Å². The molecule has 1 fully saturated rings. The number of piperazine rings is 1. The zero-order valence-electron chi connectivity index (χ0n) is 16.3. The zero-order valence-corrected chi connectivity index (χ0v) is 16.3. The van der Waals surface area contributed by atoms with Crippen molar-refractivity contribution in [1.29, 1.82) is 0 Å². The average molecular weight is 393 g/mol. The summed E-state index contributed by atoms with van der Waals surface area (Å²) >= 11 is 0. The van der Waals surface area contributed by atoms with E-state index in [1.807, 2.05) is 0 Å². The Hall–Kier alpha value is -3.04. The largest absolute Gasteiger partial charge is 0.483 e. The van der Waals surface area contributed by atoms with Gasteiger partial charge in [-0.25, -0.2) is 9.63 Å². The van der Waals surface area contributed by atoms with Crippen LogP contribution in [0.3, 0.4) is 0 Å². The molecule has 0 atom stereocenters. The van der Waals surface area contributed by atoms with Crippen molar-refractivity contribution in [2.45, 2.75) is 26.4 Å². The lowest BCUT2D eigenvalue weighted by atomic mass is 10.2. The molecule has 1 aliphatic heterocycles. The summed E-state index contributed by atoms with van der Waals surface area (Å²) in [4.78, 5) is 34.3. The number of para-hydroxylation sites is 1. The van der Waals surface area contributed by atoms with E-state index in [9.17, 15) is 9.70 Å². The Morgan fingerprint density at radius 2 is 2.04 bits per heavy atom. The predicted molar refractivity (Wildman–Crippen MR) is 101 cm³/mol. The number of hydrogen-bond acceptors (Lipinski definition) is 7. The minimum absolute atomic E-state index is 0.00688. The van der Waals surface area contributed by atoms with Gasteiger partial charge in [0, 0.05) is 31.1 Å². The first-order chi connectivity index (χ1) is 13.3. The van der Waals surface area contributed by atoms with Crippen LogP contribution in [0.4, 0.5) is 16.2 Å². The minimum atomic E-state index is -0.763. The van der Waals surface area contributed by atoms with Gasteiger partial charge in [-0.2, -0.15) is 0 Å². The van der Waals surface area contributed by atoms with Crippen LogP contribution in [0.15, 0.2) is 23.3 Å². The summed E-state index contributed by atoms with van der Waals surface area (Å²) in [5.74, 6) is 0.155. The van der Waals surface area contributed by atoms with Gasteiger partial charge in [0.2, 0.25) is 5.75 Å². The fourth-order valence-electron chi connectivity index (χ4n) is 2.45.